The summed E-state index contributed by atoms with van der Waals surface area (Å²) < 4.78 is 1.15. The van der Waals surface area contributed by atoms with E-state index >= 15 is 0 Å². The average Bonchev–Trinajstić information content (AvgIpc) is 2.92. The number of aromatic nitrogens is 2. The van der Waals surface area contributed by atoms with E-state index in [0.29, 0.717) is 0 Å². The predicted molar refractivity (Wildman–Crippen MR) is 79.1 cm³/mol. The van der Waals surface area contributed by atoms with E-state index in [1.807, 2.05) is 13.2 Å². The van der Waals surface area contributed by atoms with Gasteiger partial charge >= 0.3 is 0 Å². The molecule has 0 spiro atoms. The molecule has 1 saturated carbocycles. The molecule has 2 heterocycles. The van der Waals surface area contributed by atoms with Crippen molar-refractivity contribution in [2.75, 3.05) is 13.6 Å². The molecular weight excluding hydrogens is 310 g/mol. The lowest BCUT2D eigenvalue weighted by Crippen LogP contribution is -2.43. The molecule has 0 aromatic carbocycles. The molecule has 0 atom stereocenters. The normalized spacial score (nSPS) is 17.7. The highest BCUT2D eigenvalue weighted by atomic mass is 79.9. The third-order valence-electron chi connectivity index (χ3n) is 3.74. The molecule has 18 heavy (non-hydrogen) atoms. The maximum absolute atomic E-state index is 4.61. The number of hydrogen-bond acceptors (Lipinski definition) is 3. The van der Waals surface area contributed by atoms with Gasteiger partial charge in [0.15, 0.2) is 0 Å². The van der Waals surface area contributed by atoms with Gasteiger partial charge in [-0.2, -0.15) is 0 Å². The molecule has 2 aromatic rings. The van der Waals surface area contributed by atoms with E-state index in [1.165, 1.54) is 24.1 Å². The molecule has 0 aliphatic heterocycles. The largest absolute Gasteiger partial charge is 0.341 e. The van der Waals surface area contributed by atoms with Crippen LogP contribution in [0.1, 0.15) is 25.1 Å². The summed E-state index contributed by atoms with van der Waals surface area (Å²) in [6, 6.07) is 4.20. The summed E-state index contributed by atoms with van der Waals surface area (Å²) in [4.78, 5) is 9.35. The van der Waals surface area contributed by atoms with Gasteiger partial charge in [0.2, 0.25) is 0 Å². The zero-order valence-corrected chi connectivity index (χ0v) is 12.7. The first kappa shape index (κ1) is 12.4. The minimum absolute atomic E-state index is 0.238. The molecule has 2 N–H and O–H groups in total. The molecule has 1 aliphatic rings. The van der Waals surface area contributed by atoms with Crippen LogP contribution in [0.5, 0.6) is 0 Å². The van der Waals surface area contributed by atoms with Gasteiger partial charge in [0, 0.05) is 12.0 Å². The molecule has 0 bridgehead atoms. The van der Waals surface area contributed by atoms with Crippen LogP contribution in [-0.2, 0) is 5.41 Å². The van der Waals surface area contributed by atoms with Crippen molar-refractivity contribution in [2.24, 2.45) is 0 Å². The van der Waals surface area contributed by atoms with Crippen LogP contribution in [0.2, 0.25) is 0 Å². The summed E-state index contributed by atoms with van der Waals surface area (Å²) in [5.74, 6) is 1.14. The minimum Gasteiger partial charge on any atom is -0.341 e. The molecule has 0 unspecified atom stereocenters. The Morgan fingerprint density at radius 3 is 2.89 bits per heavy atom. The van der Waals surface area contributed by atoms with Gasteiger partial charge in [-0.05, 0) is 48.0 Å². The lowest BCUT2D eigenvalue weighted by Gasteiger charge is -2.40. The van der Waals surface area contributed by atoms with Crippen LogP contribution < -0.4 is 5.32 Å². The van der Waals surface area contributed by atoms with Crippen molar-refractivity contribution in [3.8, 4) is 10.6 Å². The third kappa shape index (κ3) is 2.04. The van der Waals surface area contributed by atoms with Crippen molar-refractivity contribution >= 4 is 27.3 Å². The smallest absolute Gasteiger partial charge is 0.114 e. The van der Waals surface area contributed by atoms with Crippen molar-refractivity contribution in [1.29, 1.82) is 0 Å². The molecule has 2 aromatic heterocycles. The highest BCUT2D eigenvalue weighted by Crippen LogP contribution is 2.42. The Morgan fingerprint density at radius 2 is 2.33 bits per heavy atom. The van der Waals surface area contributed by atoms with E-state index in [9.17, 15) is 0 Å². The van der Waals surface area contributed by atoms with Crippen LogP contribution in [-0.4, -0.2) is 23.6 Å². The Bertz CT molecular complexity index is 542. The number of rotatable bonds is 4. The Hall–Kier alpha value is -0.650. The fourth-order valence-corrected chi connectivity index (χ4v) is 3.97. The number of thiophene rings is 1. The van der Waals surface area contributed by atoms with Gasteiger partial charge in [0.05, 0.1) is 20.6 Å². The SMILES string of the molecule is CNCC1(c2ncc(-c3ccc(Br)s3)[nH]2)CCC1. The number of hydrogen-bond donors (Lipinski definition) is 2. The molecule has 3 rings (SSSR count). The molecule has 0 radical (unpaired) electrons. The number of nitrogens with one attached hydrogen (secondary N) is 2. The van der Waals surface area contributed by atoms with E-state index in [-0.39, 0.29) is 5.41 Å². The molecule has 1 fully saturated rings. The Balaban J connectivity index is 1.89. The first-order valence-corrected chi connectivity index (χ1v) is 7.80. The highest BCUT2D eigenvalue weighted by Gasteiger charge is 2.40. The van der Waals surface area contributed by atoms with Gasteiger partial charge in [0.25, 0.3) is 0 Å². The maximum atomic E-state index is 4.61. The standard InChI is InChI=1S/C13H16BrN3S/c1-15-8-13(5-2-6-13)12-16-7-9(17-12)10-3-4-11(14)18-10/h3-4,7,15H,2,5-6,8H2,1H3,(H,16,17). The molecule has 5 heteroatoms. The summed E-state index contributed by atoms with van der Waals surface area (Å²) in [6.45, 7) is 1.01. The second kappa shape index (κ2) is 4.79. The quantitative estimate of drug-likeness (QED) is 0.902. The van der Waals surface area contributed by atoms with E-state index in [4.69, 9.17) is 0 Å². The molecule has 96 valence electrons. The van der Waals surface area contributed by atoms with Crippen molar-refractivity contribution in [2.45, 2.75) is 24.7 Å². The van der Waals surface area contributed by atoms with Gasteiger partial charge in [-0.25, -0.2) is 4.98 Å². The molecule has 0 amide bonds. The van der Waals surface area contributed by atoms with Crippen LogP contribution in [0, 0.1) is 0 Å². The minimum atomic E-state index is 0.238. The van der Waals surface area contributed by atoms with Crippen LogP contribution >= 0.6 is 27.3 Å². The van der Waals surface area contributed by atoms with Crippen molar-refractivity contribution in [3.63, 3.8) is 0 Å². The van der Waals surface area contributed by atoms with E-state index in [0.717, 1.165) is 21.8 Å². The van der Waals surface area contributed by atoms with E-state index < -0.39 is 0 Å². The average molecular weight is 326 g/mol. The third-order valence-corrected chi connectivity index (χ3v) is 5.40. The highest BCUT2D eigenvalue weighted by molar-refractivity contribution is 9.11. The Labute approximate surface area is 119 Å². The van der Waals surface area contributed by atoms with Crippen molar-refractivity contribution < 1.29 is 0 Å². The van der Waals surface area contributed by atoms with E-state index in [2.05, 4.69) is 43.3 Å². The van der Waals surface area contributed by atoms with Gasteiger partial charge in [-0.15, -0.1) is 11.3 Å². The van der Waals surface area contributed by atoms with Gasteiger partial charge in [-0.3, -0.25) is 0 Å². The molecule has 1 aliphatic carbocycles. The number of aromatic amines is 1. The Morgan fingerprint density at radius 1 is 1.50 bits per heavy atom. The summed E-state index contributed by atoms with van der Waals surface area (Å²) in [6.07, 6.45) is 5.73. The number of imidazole rings is 1. The first-order valence-electron chi connectivity index (χ1n) is 6.19. The number of H-pyrrole nitrogens is 1. The lowest BCUT2D eigenvalue weighted by molar-refractivity contribution is 0.226. The van der Waals surface area contributed by atoms with Gasteiger partial charge in [0.1, 0.15) is 5.82 Å². The topological polar surface area (TPSA) is 40.7 Å². The van der Waals surface area contributed by atoms with Crippen LogP contribution in [0.3, 0.4) is 0 Å². The monoisotopic (exact) mass is 325 g/mol. The van der Waals surface area contributed by atoms with E-state index in [1.54, 1.807) is 11.3 Å². The van der Waals surface area contributed by atoms with Crippen LogP contribution in [0.15, 0.2) is 22.1 Å². The number of nitrogens with zero attached hydrogens (tertiary/aromatic N) is 1. The maximum Gasteiger partial charge on any atom is 0.114 e. The summed E-state index contributed by atoms with van der Waals surface area (Å²) in [5, 5.41) is 3.30. The zero-order chi connectivity index (χ0) is 12.6. The Kier molecular flexibility index (Phi) is 3.30. The first-order chi connectivity index (χ1) is 8.73. The number of halogens is 1. The van der Waals surface area contributed by atoms with Crippen LogP contribution in [0.25, 0.3) is 10.6 Å². The number of likely N-dealkylation sites (N-methyl/N-ethyl adjacent to an activating group) is 1. The lowest BCUT2D eigenvalue weighted by atomic mass is 9.68. The fourth-order valence-electron chi connectivity index (χ4n) is 2.61. The molecule has 0 saturated heterocycles. The summed E-state index contributed by atoms with van der Waals surface area (Å²) in [5.41, 5.74) is 1.37. The second-order valence-corrected chi connectivity index (χ2v) is 7.38. The van der Waals surface area contributed by atoms with Crippen molar-refractivity contribution in [1.82, 2.24) is 15.3 Å². The second-order valence-electron chi connectivity index (χ2n) is 4.91. The zero-order valence-electron chi connectivity index (χ0n) is 10.3. The van der Waals surface area contributed by atoms with Gasteiger partial charge in [-0.1, -0.05) is 6.42 Å². The fraction of sp³-hybridized carbons (Fsp3) is 0.462. The summed E-state index contributed by atoms with van der Waals surface area (Å²) in [7, 11) is 2.01. The summed E-state index contributed by atoms with van der Waals surface area (Å²) >= 11 is 5.23. The van der Waals surface area contributed by atoms with Gasteiger partial charge < -0.3 is 10.3 Å². The van der Waals surface area contributed by atoms with Crippen molar-refractivity contribution in [3.05, 3.63) is 27.9 Å². The molecular formula is C13H16BrN3S. The van der Waals surface area contributed by atoms with Crippen LogP contribution in [0.4, 0.5) is 0 Å². The predicted octanol–water partition coefficient (Wildman–Crippen LogP) is 3.54. The molecule has 3 nitrogen and oxygen atoms in total.